The smallest absolute Gasteiger partial charge is 0.262 e. The van der Waals surface area contributed by atoms with Crippen LogP contribution in [0.2, 0.25) is 0 Å². The van der Waals surface area contributed by atoms with Crippen molar-refractivity contribution in [3.63, 3.8) is 0 Å². The molecule has 3 rings (SSSR count). The van der Waals surface area contributed by atoms with Crippen LogP contribution in [0.15, 0.2) is 53.8 Å². The number of nitrogens with one attached hydrogen (secondary N) is 2. The predicted octanol–water partition coefficient (Wildman–Crippen LogP) is 3.83. The van der Waals surface area contributed by atoms with Gasteiger partial charge in [0.2, 0.25) is 0 Å². The van der Waals surface area contributed by atoms with Crippen molar-refractivity contribution in [1.82, 2.24) is 15.0 Å². The van der Waals surface area contributed by atoms with E-state index in [0.717, 1.165) is 5.56 Å². The number of benzene rings is 1. The van der Waals surface area contributed by atoms with Gasteiger partial charge in [0, 0.05) is 23.6 Å². The molecule has 0 aliphatic heterocycles. The van der Waals surface area contributed by atoms with Gasteiger partial charge >= 0.3 is 0 Å². The average molecular weight is 428 g/mol. The summed E-state index contributed by atoms with van der Waals surface area (Å²) in [4.78, 5) is 26.2. The monoisotopic (exact) mass is 427 g/mol. The summed E-state index contributed by atoms with van der Waals surface area (Å²) in [6.07, 6.45) is 5.74. The molecule has 156 valence electrons. The minimum Gasteiger partial charge on any atom is -0.394 e. The van der Waals surface area contributed by atoms with Crippen molar-refractivity contribution in [2.24, 2.45) is 0 Å². The molecule has 0 radical (unpaired) electrons. The molecule has 0 bridgehead atoms. The number of nitrogens with zero attached hydrogens (tertiary/aromatic N) is 3. The molecule has 0 saturated carbocycles. The summed E-state index contributed by atoms with van der Waals surface area (Å²) in [5.74, 6) is -0.0569. The first-order chi connectivity index (χ1) is 14.5. The molecule has 1 atom stereocenters. The summed E-state index contributed by atoms with van der Waals surface area (Å²) in [6, 6.07) is 8.78. The lowest BCUT2D eigenvalue weighted by molar-refractivity contribution is 0.102. The van der Waals surface area contributed by atoms with Crippen molar-refractivity contribution in [2.45, 2.75) is 24.4 Å². The van der Waals surface area contributed by atoms with Crippen LogP contribution in [0.25, 0.3) is 11.4 Å². The van der Waals surface area contributed by atoms with Gasteiger partial charge in [0.05, 0.1) is 12.6 Å². The van der Waals surface area contributed by atoms with Gasteiger partial charge < -0.3 is 15.7 Å². The van der Waals surface area contributed by atoms with Crippen LogP contribution in [0.4, 0.5) is 15.9 Å². The third-order valence-electron chi connectivity index (χ3n) is 4.39. The lowest BCUT2D eigenvalue weighted by Crippen LogP contribution is -2.26. The number of halogens is 1. The molecule has 0 spiro atoms. The fourth-order valence-corrected chi connectivity index (χ4v) is 3.30. The minimum absolute atomic E-state index is 0.112. The number of anilines is 2. The fourth-order valence-electron chi connectivity index (χ4n) is 2.72. The Balaban J connectivity index is 2.06. The van der Waals surface area contributed by atoms with Crippen LogP contribution in [-0.2, 0) is 0 Å². The van der Waals surface area contributed by atoms with E-state index in [4.69, 9.17) is 0 Å². The van der Waals surface area contributed by atoms with E-state index in [2.05, 4.69) is 25.6 Å². The molecule has 30 heavy (non-hydrogen) atoms. The number of amides is 1. The Hall–Kier alpha value is -3.04. The van der Waals surface area contributed by atoms with E-state index in [0.29, 0.717) is 28.8 Å². The van der Waals surface area contributed by atoms with E-state index in [9.17, 15) is 14.3 Å². The number of rotatable bonds is 8. The third kappa shape index (κ3) is 5.11. The van der Waals surface area contributed by atoms with Gasteiger partial charge in [-0.15, -0.1) is 11.8 Å². The summed E-state index contributed by atoms with van der Waals surface area (Å²) in [7, 11) is 0. The number of carbonyl (C=O) groups is 1. The normalized spacial score (nSPS) is 11.7. The molecule has 1 unspecified atom stereocenters. The Morgan fingerprint density at radius 3 is 2.47 bits per heavy atom. The molecule has 1 aromatic carbocycles. The standard InChI is InChI=1S/C21H22FN5O2S/c1-3-15(12-28)24-19-17(20(29)25-16-6-4-14(22)5-7-16)21(30-2)27-18(26-19)13-8-10-23-11-9-13/h4-11,15,28H,3,12H2,1-2H3,(H,25,29)(H,24,26,27). The Bertz CT molecular complexity index is 998. The Morgan fingerprint density at radius 1 is 1.17 bits per heavy atom. The van der Waals surface area contributed by atoms with Crippen molar-refractivity contribution >= 4 is 29.2 Å². The van der Waals surface area contributed by atoms with Gasteiger partial charge in [0.25, 0.3) is 5.91 Å². The van der Waals surface area contributed by atoms with Crippen LogP contribution in [0, 0.1) is 5.82 Å². The molecular formula is C21H22FN5O2S. The highest BCUT2D eigenvalue weighted by molar-refractivity contribution is 7.98. The van der Waals surface area contributed by atoms with E-state index in [-0.39, 0.29) is 24.0 Å². The molecule has 0 aliphatic rings. The maximum absolute atomic E-state index is 13.2. The zero-order valence-corrected chi connectivity index (χ0v) is 17.4. The van der Waals surface area contributed by atoms with Crippen molar-refractivity contribution < 1.29 is 14.3 Å². The lowest BCUT2D eigenvalue weighted by Gasteiger charge is -2.19. The first kappa shape index (κ1) is 21.7. The number of aliphatic hydroxyl groups is 1. The zero-order chi connectivity index (χ0) is 21.5. The summed E-state index contributed by atoms with van der Waals surface area (Å²) < 4.78 is 13.2. The second-order valence-corrected chi connectivity index (χ2v) is 7.20. The maximum Gasteiger partial charge on any atom is 0.262 e. The van der Waals surface area contributed by atoms with Crippen molar-refractivity contribution in [1.29, 1.82) is 0 Å². The van der Waals surface area contributed by atoms with E-state index in [1.54, 1.807) is 24.5 Å². The molecule has 9 heteroatoms. The summed E-state index contributed by atoms with van der Waals surface area (Å²) in [5.41, 5.74) is 1.47. The molecule has 7 nitrogen and oxygen atoms in total. The number of hydrogen-bond acceptors (Lipinski definition) is 7. The Morgan fingerprint density at radius 2 is 1.87 bits per heavy atom. The van der Waals surface area contributed by atoms with Crippen LogP contribution < -0.4 is 10.6 Å². The second-order valence-electron chi connectivity index (χ2n) is 6.41. The van der Waals surface area contributed by atoms with Crippen molar-refractivity contribution in [2.75, 3.05) is 23.5 Å². The van der Waals surface area contributed by atoms with Gasteiger partial charge in [0.1, 0.15) is 22.2 Å². The van der Waals surface area contributed by atoms with Crippen molar-refractivity contribution in [3.05, 3.63) is 60.2 Å². The van der Waals surface area contributed by atoms with Gasteiger partial charge in [0.15, 0.2) is 5.82 Å². The van der Waals surface area contributed by atoms with Gasteiger partial charge in [-0.1, -0.05) is 6.92 Å². The van der Waals surface area contributed by atoms with Crippen LogP contribution >= 0.6 is 11.8 Å². The molecule has 2 heterocycles. The number of aliphatic hydroxyl groups excluding tert-OH is 1. The van der Waals surface area contributed by atoms with Gasteiger partial charge in [-0.05, 0) is 49.1 Å². The van der Waals surface area contributed by atoms with E-state index < -0.39 is 5.91 Å². The number of thioether (sulfide) groups is 1. The van der Waals surface area contributed by atoms with Crippen LogP contribution in [-0.4, -0.2) is 44.9 Å². The summed E-state index contributed by atoms with van der Waals surface area (Å²) >= 11 is 1.31. The van der Waals surface area contributed by atoms with Crippen LogP contribution in [0.1, 0.15) is 23.7 Å². The SMILES string of the molecule is CCC(CO)Nc1nc(-c2ccncc2)nc(SC)c1C(=O)Nc1ccc(F)cc1. The van der Waals surface area contributed by atoms with Crippen LogP contribution in [0.5, 0.6) is 0 Å². The number of pyridine rings is 1. The highest BCUT2D eigenvalue weighted by Gasteiger charge is 2.23. The topological polar surface area (TPSA) is 100 Å². The molecule has 0 fully saturated rings. The van der Waals surface area contributed by atoms with Gasteiger partial charge in [-0.25, -0.2) is 14.4 Å². The van der Waals surface area contributed by atoms with Crippen LogP contribution in [0.3, 0.4) is 0 Å². The summed E-state index contributed by atoms with van der Waals surface area (Å²) in [6.45, 7) is 1.81. The quantitative estimate of drug-likeness (QED) is 0.371. The first-order valence-corrected chi connectivity index (χ1v) is 10.6. The largest absolute Gasteiger partial charge is 0.394 e. The van der Waals surface area contributed by atoms with E-state index in [1.165, 1.54) is 36.0 Å². The predicted molar refractivity (Wildman–Crippen MR) is 116 cm³/mol. The maximum atomic E-state index is 13.2. The summed E-state index contributed by atoms with van der Waals surface area (Å²) in [5, 5.41) is 16.0. The zero-order valence-electron chi connectivity index (χ0n) is 16.6. The van der Waals surface area contributed by atoms with E-state index in [1.807, 2.05) is 13.2 Å². The first-order valence-electron chi connectivity index (χ1n) is 9.36. The molecule has 0 aliphatic carbocycles. The van der Waals surface area contributed by atoms with Gasteiger partial charge in [-0.2, -0.15) is 0 Å². The number of hydrogen-bond donors (Lipinski definition) is 3. The molecule has 3 N–H and O–H groups in total. The Labute approximate surface area is 178 Å². The van der Waals surface area contributed by atoms with Gasteiger partial charge in [-0.3, -0.25) is 9.78 Å². The minimum atomic E-state index is -0.428. The second kappa shape index (κ2) is 10.1. The number of aromatic nitrogens is 3. The lowest BCUT2D eigenvalue weighted by atomic mass is 10.2. The average Bonchev–Trinajstić information content (AvgIpc) is 2.78. The third-order valence-corrected chi connectivity index (χ3v) is 5.07. The molecule has 0 saturated heterocycles. The molecule has 3 aromatic rings. The van der Waals surface area contributed by atoms with E-state index >= 15 is 0 Å². The molecule has 1 amide bonds. The fraction of sp³-hybridized carbons (Fsp3) is 0.238. The Kier molecular flexibility index (Phi) is 7.31. The number of carbonyl (C=O) groups excluding carboxylic acids is 1. The molecular weight excluding hydrogens is 405 g/mol. The highest BCUT2D eigenvalue weighted by Crippen LogP contribution is 2.29. The highest BCUT2D eigenvalue weighted by atomic mass is 32.2. The molecule has 2 aromatic heterocycles. The van der Waals surface area contributed by atoms with Crippen molar-refractivity contribution in [3.8, 4) is 11.4 Å².